The Labute approximate surface area is 181 Å². The molecule has 2 fully saturated rings. The van der Waals surface area contributed by atoms with E-state index in [-0.39, 0.29) is 18.2 Å². The lowest BCUT2D eigenvalue weighted by molar-refractivity contribution is 0.0561. The Kier molecular flexibility index (Phi) is 5.44. The fourth-order valence-corrected chi connectivity index (χ4v) is 4.56. The SMILES string of the molecule is Cc1ncccc1Oc1ncnc2c1ccn2C1CCN(C(=O)OC2CCCC2)CC1. The smallest absolute Gasteiger partial charge is 0.410 e. The fraction of sp³-hybridized carbons (Fsp3) is 0.478. The van der Waals surface area contributed by atoms with E-state index in [9.17, 15) is 4.79 Å². The second-order valence-corrected chi connectivity index (χ2v) is 8.34. The molecule has 3 aromatic heterocycles. The van der Waals surface area contributed by atoms with Gasteiger partial charge in [0.25, 0.3) is 0 Å². The van der Waals surface area contributed by atoms with Crippen molar-refractivity contribution in [3.05, 3.63) is 42.6 Å². The topological polar surface area (TPSA) is 82.4 Å². The molecule has 1 saturated heterocycles. The zero-order valence-electron chi connectivity index (χ0n) is 17.7. The van der Waals surface area contributed by atoms with Crippen LogP contribution in [0.15, 0.2) is 36.9 Å². The molecule has 0 bridgehead atoms. The van der Waals surface area contributed by atoms with Crippen molar-refractivity contribution in [2.75, 3.05) is 13.1 Å². The Hall–Kier alpha value is -3.16. The van der Waals surface area contributed by atoms with E-state index in [1.807, 2.05) is 36.2 Å². The molecule has 0 atom stereocenters. The molecule has 1 amide bonds. The van der Waals surface area contributed by atoms with Crippen LogP contribution in [0.25, 0.3) is 11.0 Å². The third-order valence-corrected chi connectivity index (χ3v) is 6.32. The molecule has 3 aromatic rings. The molecule has 0 aromatic carbocycles. The lowest BCUT2D eigenvalue weighted by atomic mass is 10.1. The standard InChI is InChI=1S/C23H27N5O3/c1-16-20(7-4-11-24-16)31-22-19-10-14-28(21(19)25-15-26-22)17-8-12-27(13-9-17)23(29)30-18-5-2-3-6-18/h4,7,10-11,14-15,17-18H,2-3,5-6,8-9,12-13H2,1H3. The highest BCUT2D eigenvalue weighted by Crippen LogP contribution is 2.32. The van der Waals surface area contributed by atoms with E-state index in [0.717, 1.165) is 55.3 Å². The Morgan fingerprint density at radius 2 is 1.87 bits per heavy atom. The first-order valence-corrected chi connectivity index (χ1v) is 11.1. The quantitative estimate of drug-likeness (QED) is 0.610. The average Bonchev–Trinajstić information content (AvgIpc) is 3.46. The van der Waals surface area contributed by atoms with Gasteiger partial charge in [-0.05, 0) is 63.6 Å². The summed E-state index contributed by atoms with van der Waals surface area (Å²) in [7, 11) is 0. The van der Waals surface area contributed by atoms with Gasteiger partial charge in [0.2, 0.25) is 5.88 Å². The second kappa shape index (κ2) is 8.53. The first kappa shape index (κ1) is 19.8. The van der Waals surface area contributed by atoms with Crippen LogP contribution in [0.4, 0.5) is 4.79 Å². The van der Waals surface area contributed by atoms with Crippen LogP contribution in [0, 0.1) is 6.92 Å². The van der Waals surface area contributed by atoms with Gasteiger partial charge < -0.3 is 18.9 Å². The van der Waals surface area contributed by atoms with Crippen molar-refractivity contribution in [3.63, 3.8) is 0 Å². The van der Waals surface area contributed by atoms with Crippen LogP contribution >= 0.6 is 0 Å². The predicted octanol–water partition coefficient (Wildman–Crippen LogP) is 4.64. The molecule has 2 aliphatic rings. The summed E-state index contributed by atoms with van der Waals surface area (Å²) in [5.74, 6) is 1.21. The van der Waals surface area contributed by atoms with E-state index in [0.29, 0.717) is 24.7 Å². The molecular weight excluding hydrogens is 394 g/mol. The summed E-state index contributed by atoms with van der Waals surface area (Å²) in [6.07, 6.45) is 11.3. The third-order valence-electron chi connectivity index (χ3n) is 6.32. The van der Waals surface area contributed by atoms with Crippen molar-refractivity contribution < 1.29 is 14.3 Å². The van der Waals surface area contributed by atoms with Gasteiger partial charge in [-0.3, -0.25) is 4.98 Å². The summed E-state index contributed by atoms with van der Waals surface area (Å²) in [5.41, 5.74) is 1.66. The molecule has 4 heterocycles. The zero-order valence-corrected chi connectivity index (χ0v) is 17.7. The highest BCUT2D eigenvalue weighted by atomic mass is 16.6. The summed E-state index contributed by atoms with van der Waals surface area (Å²) < 4.78 is 13.9. The van der Waals surface area contributed by atoms with Crippen molar-refractivity contribution in [1.82, 2.24) is 24.4 Å². The summed E-state index contributed by atoms with van der Waals surface area (Å²) >= 11 is 0. The summed E-state index contributed by atoms with van der Waals surface area (Å²) in [6.45, 7) is 3.29. The molecule has 0 radical (unpaired) electrons. The molecule has 0 N–H and O–H groups in total. The van der Waals surface area contributed by atoms with E-state index in [4.69, 9.17) is 9.47 Å². The minimum Gasteiger partial charge on any atom is -0.446 e. The molecule has 1 aliphatic heterocycles. The number of carbonyl (C=O) groups is 1. The average molecular weight is 422 g/mol. The lowest BCUT2D eigenvalue weighted by Crippen LogP contribution is -2.40. The minimum absolute atomic E-state index is 0.109. The van der Waals surface area contributed by atoms with Crippen LogP contribution in [-0.4, -0.2) is 49.7 Å². The number of amides is 1. The lowest BCUT2D eigenvalue weighted by Gasteiger charge is -2.33. The van der Waals surface area contributed by atoms with Crippen molar-refractivity contribution in [1.29, 1.82) is 0 Å². The number of rotatable bonds is 4. The van der Waals surface area contributed by atoms with Crippen LogP contribution < -0.4 is 4.74 Å². The minimum atomic E-state index is -0.160. The maximum atomic E-state index is 12.5. The monoisotopic (exact) mass is 421 g/mol. The number of pyridine rings is 1. The third kappa shape index (κ3) is 4.06. The molecule has 8 nitrogen and oxygen atoms in total. The highest BCUT2D eigenvalue weighted by molar-refractivity contribution is 5.81. The van der Waals surface area contributed by atoms with Crippen LogP contribution in [0.2, 0.25) is 0 Å². The number of hydrogen-bond acceptors (Lipinski definition) is 6. The van der Waals surface area contributed by atoms with Gasteiger partial charge in [0, 0.05) is 31.5 Å². The summed E-state index contributed by atoms with van der Waals surface area (Å²) in [5, 5.41) is 0.869. The van der Waals surface area contributed by atoms with E-state index in [1.165, 1.54) is 6.33 Å². The number of fused-ring (bicyclic) bond motifs is 1. The van der Waals surface area contributed by atoms with Crippen molar-refractivity contribution in [2.45, 2.75) is 57.6 Å². The van der Waals surface area contributed by atoms with Gasteiger partial charge in [-0.2, -0.15) is 0 Å². The Balaban J connectivity index is 1.28. The van der Waals surface area contributed by atoms with Gasteiger partial charge in [0.05, 0.1) is 11.1 Å². The molecule has 31 heavy (non-hydrogen) atoms. The van der Waals surface area contributed by atoms with Gasteiger partial charge in [0.1, 0.15) is 18.1 Å². The number of aryl methyl sites for hydroxylation is 1. The number of ether oxygens (including phenoxy) is 2. The number of hydrogen-bond donors (Lipinski definition) is 0. The number of nitrogens with zero attached hydrogens (tertiary/aromatic N) is 5. The molecule has 162 valence electrons. The van der Waals surface area contributed by atoms with Gasteiger partial charge in [0.15, 0.2) is 5.75 Å². The van der Waals surface area contributed by atoms with Gasteiger partial charge >= 0.3 is 6.09 Å². The van der Waals surface area contributed by atoms with E-state index >= 15 is 0 Å². The first-order valence-electron chi connectivity index (χ1n) is 11.1. The van der Waals surface area contributed by atoms with Crippen molar-refractivity contribution in [3.8, 4) is 11.6 Å². The van der Waals surface area contributed by atoms with Gasteiger partial charge in [-0.15, -0.1) is 0 Å². The second-order valence-electron chi connectivity index (χ2n) is 8.34. The van der Waals surface area contributed by atoms with Crippen molar-refractivity contribution >= 4 is 17.1 Å². The Morgan fingerprint density at radius 3 is 2.65 bits per heavy atom. The zero-order chi connectivity index (χ0) is 21.2. The molecule has 8 heteroatoms. The van der Waals surface area contributed by atoms with Crippen LogP contribution in [0.5, 0.6) is 11.6 Å². The highest BCUT2D eigenvalue weighted by Gasteiger charge is 2.28. The molecule has 1 saturated carbocycles. The molecule has 1 aliphatic carbocycles. The molecular formula is C23H27N5O3. The molecule has 0 spiro atoms. The molecule has 5 rings (SSSR count). The normalized spacial score (nSPS) is 17.9. The summed E-state index contributed by atoms with van der Waals surface area (Å²) in [6, 6.07) is 6.00. The van der Waals surface area contributed by atoms with Crippen LogP contribution in [0.1, 0.15) is 50.3 Å². The maximum absolute atomic E-state index is 12.5. The van der Waals surface area contributed by atoms with Crippen LogP contribution in [-0.2, 0) is 4.74 Å². The van der Waals surface area contributed by atoms with Gasteiger partial charge in [-0.25, -0.2) is 14.8 Å². The largest absolute Gasteiger partial charge is 0.446 e. The van der Waals surface area contributed by atoms with Crippen LogP contribution in [0.3, 0.4) is 0 Å². The van der Waals surface area contributed by atoms with E-state index in [1.54, 1.807) is 6.20 Å². The Bertz CT molecular complexity index is 1070. The maximum Gasteiger partial charge on any atom is 0.410 e. The number of piperidine rings is 1. The van der Waals surface area contributed by atoms with E-state index in [2.05, 4.69) is 19.5 Å². The summed E-state index contributed by atoms with van der Waals surface area (Å²) in [4.78, 5) is 27.4. The fourth-order valence-electron chi connectivity index (χ4n) is 4.56. The number of likely N-dealkylation sites (tertiary alicyclic amines) is 1. The predicted molar refractivity (Wildman–Crippen MR) is 115 cm³/mol. The Morgan fingerprint density at radius 1 is 1.06 bits per heavy atom. The number of aromatic nitrogens is 4. The molecule has 0 unspecified atom stereocenters. The van der Waals surface area contributed by atoms with Gasteiger partial charge in [-0.1, -0.05) is 0 Å². The van der Waals surface area contributed by atoms with E-state index < -0.39 is 0 Å². The number of carbonyl (C=O) groups excluding carboxylic acids is 1. The van der Waals surface area contributed by atoms with Crippen molar-refractivity contribution in [2.24, 2.45) is 0 Å². The first-order chi connectivity index (χ1) is 15.2.